The first-order valence-corrected chi connectivity index (χ1v) is 6.30. The van der Waals surface area contributed by atoms with Crippen LogP contribution in [0.25, 0.3) is 0 Å². The predicted octanol–water partition coefficient (Wildman–Crippen LogP) is 3.61. The van der Waals surface area contributed by atoms with Crippen LogP contribution in [0.15, 0.2) is 53.5 Å². The summed E-state index contributed by atoms with van der Waals surface area (Å²) in [7, 11) is 0. The number of hydrogen-bond acceptors (Lipinski definition) is 1. The molecule has 0 saturated heterocycles. The third-order valence-corrected chi connectivity index (χ3v) is 3.51. The van der Waals surface area contributed by atoms with E-state index in [4.69, 9.17) is 4.99 Å². The van der Waals surface area contributed by atoms with Gasteiger partial charge in [-0.05, 0) is 16.8 Å². The second-order valence-electron chi connectivity index (χ2n) is 5.37. The predicted molar refractivity (Wildman–Crippen MR) is 75.3 cm³/mol. The van der Waals surface area contributed by atoms with Gasteiger partial charge in [0.1, 0.15) is 0 Å². The summed E-state index contributed by atoms with van der Waals surface area (Å²) in [5.74, 6) is 0. The molecular formula is C17H16IrN-. The summed E-state index contributed by atoms with van der Waals surface area (Å²) in [6.07, 6.45) is 0. The standard InChI is InChI=1S/C17H16N.Ir/c1-17(2)12-18-16(13-8-4-3-5-9-13)14-10-6-7-11-15(14)17;/h3-8,10-11H,12H2,1-2H3;/q-1;. The molecule has 0 spiro atoms. The van der Waals surface area contributed by atoms with E-state index in [0.29, 0.717) is 0 Å². The minimum atomic E-state index is 0. The number of rotatable bonds is 1. The Balaban J connectivity index is 0.00000133. The molecule has 0 aliphatic carbocycles. The van der Waals surface area contributed by atoms with Gasteiger partial charge in [-0.3, -0.25) is 0 Å². The van der Waals surface area contributed by atoms with Crippen molar-refractivity contribution in [2.24, 2.45) is 4.99 Å². The zero-order chi connectivity index (χ0) is 12.6. The summed E-state index contributed by atoms with van der Waals surface area (Å²) in [6.45, 7) is 5.34. The van der Waals surface area contributed by atoms with Crippen LogP contribution in [0.3, 0.4) is 0 Å². The van der Waals surface area contributed by atoms with E-state index >= 15 is 0 Å². The molecule has 0 bridgehead atoms. The molecule has 19 heavy (non-hydrogen) atoms. The minimum Gasteiger partial charge on any atom is -0.331 e. The third kappa shape index (κ3) is 2.56. The fourth-order valence-corrected chi connectivity index (χ4v) is 2.50. The van der Waals surface area contributed by atoms with Crippen LogP contribution >= 0.6 is 0 Å². The Morgan fingerprint density at radius 2 is 1.79 bits per heavy atom. The molecule has 99 valence electrons. The maximum Gasteiger partial charge on any atom is 0.0381 e. The van der Waals surface area contributed by atoms with Crippen LogP contribution in [0.1, 0.15) is 30.5 Å². The second kappa shape index (κ2) is 5.40. The molecule has 0 unspecified atom stereocenters. The van der Waals surface area contributed by atoms with Crippen molar-refractivity contribution in [2.45, 2.75) is 19.3 Å². The van der Waals surface area contributed by atoms with Crippen LogP contribution in [-0.4, -0.2) is 12.3 Å². The largest absolute Gasteiger partial charge is 0.331 e. The van der Waals surface area contributed by atoms with Gasteiger partial charge in [0.05, 0.1) is 0 Å². The van der Waals surface area contributed by atoms with E-state index in [1.54, 1.807) is 0 Å². The molecule has 0 fully saturated rings. The molecule has 2 aromatic rings. The Labute approximate surface area is 128 Å². The normalized spacial score (nSPS) is 16.0. The molecular weight excluding hydrogens is 410 g/mol. The van der Waals surface area contributed by atoms with Crippen LogP contribution in [0.2, 0.25) is 0 Å². The van der Waals surface area contributed by atoms with Crippen LogP contribution in [0, 0.1) is 6.07 Å². The van der Waals surface area contributed by atoms with Gasteiger partial charge in [0.2, 0.25) is 0 Å². The number of nitrogens with zero attached hydrogens (tertiary/aromatic N) is 1. The van der Waals surface area contributed by atoms with Crippen molar-refractivity contribution in [3.05, 3.63) is 71.3 Å². The Morgan fingerprint density at radius 3 is 2.53 bits per heavy atom. The van der Waals surface area contributed by atoms with Gasteiger partial charge in [-0.2, -0.15) is 0 Å². The van der Waals surface area contributed by atoms with Crippen molar-refractivity contribution in [1.82, 2.24) is 0 Å². The number of hydrogen-bond donors (Lipinski definition) is 0. The maximum atomic E-state index is 4.78. The summed E-state index contributed by atoms with van der Waals surface area (Å²) in [4.78, 5) is 4.78. The van der Waals surface area contributed by atoms with Crippen LogP contribution < -0.4 is 0 Å². The van der Waals surface area contributed by atoms with Crippen LogP contribution in [0.5, 0.6) is 0 Å². The molecule has 3 rings (SSSR count). The van der Waals surface area contributed by atoms with Crippen molar-refractivity contribution in [2.75, 3.05) is 6.54 Å². The van der Waals surface area contributed by atoms with Crippen LogP contribution in [0.4, 0.5) is 0 Å². The Morgan fingerprint density at radius 1 is 1.05 bits per heavy atom. The van der Waals surface area contributed by atoms with E-state index in [9.17, 15) is 0 Å². The van der Waals surface area contributed by atoms with Crippen molar-refractivity contribution in [3.63, 3.8) is 0 Å². The molecule has 0 N–H and O–H groups in total. The molecule has 1 aliphatic heterocycles. The van der Waals surface area contributed by atoms with Crippen molar-refractivity contribution in [3.8, 4) is 0 Å². The van der Waals surface area contributed by atoms with Crippen LogP contribution in [-0.2, 0) is 25.5 Å². The summed E-state index contributed by atoms with van der Waals surface area (Å²) in [6, 6.07) is 19.9. The average molecular weight is 427 g/mol. The van der Waals surface area contributed by atoms with E-state index in [0.717, 1.165) is 17.8 Å². The molecule has 0 amide bonds. The Kier molecular flexibility index (Phi) is 4.03. The van der Waals surface area contributed by atoms with E-state index in [-0.39, 0.29) is 25.5 Å². The number of aliphatic imine (C=N–C) groups is 1. The minimum absolute atomic E-state index is 0. The Hall–Kier alpha value is -1.24. The van der Waals surface area contributed by atoms with Gasteiger partial charge >= 0.3 is 0 Å². The first-order valence-electron chi connectivity index (χ1n) is 6.30. The van der Waals surface area contributed by atoms with Gasteiger partial charge in [-0.1, -0.05) is 38.1 Å². The molecule has 1 heterocycles. The molecule has 1 radical (unpaired) electrons. The summed E-state index contributed by atoms with van der Waals surface area (Å²) in [5, 5.41) is 0. The number of fused-ring (bicyclic) bond motifs is 1. The fraction of sp³-hybridized carbons (Fsp3) is 0.235. The van der Waals surface area contributed by atoms with Crippen molar-refractivity contribution in [1.29, 1.82) is 0 Å². The van der Waals surface area contributed by atoms with Crippen molar-refractivity contribution < 1.29 is 20.1 Å². The molecule has 2 heteroatoms. The van der Waals surface area contributed by atoms with E-state index in [2.05, 4.69) is 50.2 Å². The second-order valence-corrected chi connectivity index (χ2v) is 5.37. The van der Waals surface area contributed by atoms with E-state index in [1.807, 2.05) is 18.2 Å². The van der Waals surface area contributed by atoms with Gasteiger partial charge in [0, 0.05) is 32.1 Å². The first-order chi connectivity index (χ1) is 8.68. The zero-order valence-electron chi connectivity index (χ0n) is 11.1. The van der Waals surface area contributed by atoms with Gasteiger partial charge in [-0.25, -0.2) is 0 Å². The average Bonchev–Trinajstić information content (AvgIpc) is 2.40. The Bertz CT molecular complexity index is 600. The van der Waals surface area contributed by atoms with Gasteiger partial charge < -0.3 is 4.99 Å². The molecule has 1 nitrogen and oxygen atoms in total. The summed E-state index contributed by atoms with van der Waals surface area (Å²) < 4.78 is 0. The summed E-state index contributed by atoms with van der Waals surface area (Å²) in [5.41, 5.74) is 4.91. The fourth-order valence-electron chi connectivity index (χ4n) is 2.50. The smallest absolute Gasteiger partial charge is 0.0381 e. The summed E-state index contributed by atoms with van der Waals surface area (Å²) >= 11 is 0. The van der Waals surface area contributed by atoms with Gasteiger partial charge in [-0.15, -0.1) is 35.9 Å². The molecule has 0 aromatic heterocycles. The maximum absolute atomic E-state index is 4.78. The zero-order valence-corrected chi connectivity index (χ0v) is 13.5. The quantitative estimate of drug-likeness (QED) is 0.618. The van der Waals surface area contributed by atoms with E-state index < -0.39 is 0 Å². The SMILES string of the molecule is CC1(C)CN=C(c2[c-]cccc2)c2ccccc21.[Ir]. The molecule has 0 saturated carbocycles. The van der Waals surface area contributed by atoms with Crippen molar-refractivity contribution >= 4 is 5.71 Å². The van der Waals surface area contributed by atoms with Gasteiger partial charge in [0.25, 0.3) is 0 Å². The molecule has 1 aliphatic rings. The van der Waals surface area contributed by atoms with Gasteiger partial charge in [0.15, 0.2) is 0 Å². The van der Waals surface area contributed by atoms with E-state index in [1.165, 1.54) is 11.1 Å². The first kappa shape index (κ1) is 14.2. The molecule has 2 aromatic carbocycles. The molecule has 0 atom stereocenters. The number of benzene rings is 2. The monoisotopic (exact) mass is 427 g/mol. The topological polar surface area (TPSA) is 12.4 Å². The third-order valence-electron chi connectivity index (χ3n) is 3.51.